The molecule has 21 heavy (non-hydrogen) atoms. The number of carbonyl (C=O) groups is 2. The number of urea groups is 1. The summed E-state index contributed by atoms with van der Waals surface area (Å²) in [5, 5.41) is 14.4. The van der Waals surface area contributed by atoms with Crippen molar-refractivity contribution < 1.29 is 14.7 Å². The Kier molecular flexibility index (Phi) is 5.16. The van der Waals surface area contributed by atoms with Crippen molar-refractivity contribution in [1.29, 1.82) is 0 Å². The number of aliphatic carboxylic acids is 1. The van der Waals surface area contributed by atoms with Gasteiger partial charge in [0, 0.05) is 24.7 Å². The van der Waals surface area contributed by atoms with Gasteiger partial charge in [-0.15, -0.1) is 0 Å². The summed E-state index contributed by atoms with van der Waals surface area (Å²) in [5.74, 6) is -0.823. The lowest BCUT2D eigenvalue weighted by Crippen LogP contribution is -2.39. The Morgan fingerprint density at radius 2 is 2.24 bits per heavy atom. The molecule has 114 valence electrons. The Balaban J connectivity index is 1.85. The largest absolute Gasteiger partial charge is 0.481 e. The highest BCUT2D eigenvalue weighted by Gasteiger charge is 2.20. The van der Waals surface area contributed by atoms with Crippen LogP contribution >= 0.6 is 0 Å². The third kappa shape index (κ3) is 5.07. The van der Waals surface area contributed by atoms with Gasteiger partial charge in [0.05, 0.1) is 0 Å². The van der Waals surface area contributed by atoms with E-state index in [4.69, 9.17) is 5.11 Å². The predicted molar refractivity (Wildman–Crippen MR) is 80.5 cm³/mol. The lowest BCUT2D eigenvalue weighted by atomic mass is 10.1. The lowest BCUT2D eigenvalue weighted by molar-refractivity contribution is -0.136. The van der Waals surface area contributed by atoms with Gasteiger partial charge in [-0.3, -0.25) is 4.79 Å². The number of rotatable bonds is 5. The van der Waals surface area contributed by atoms with Crippen LogP contribution in [-0.2, 0) is 11.2 Å². The van der Waals surface area contributed by atoms with Gasteiger partial charge in [0.2, 0.25) is 0 Å². The fourth-order valence-electron chi connectivity index (χ4n) is 2.46. The number of hydrogen-bond donors (Lipinski definition) is 3. The van der Waals surface area contributed by atoms with Crippen LogP contribution in [-0.4, -0.2) is 48.2 Å². The molecular formula is C15H21N3O3. The van der Waals surface area contributed by atoms with E-state index < -0.39 is 5.97 Å². The number of benzene rings is 1. The molecule has 2 amide bonds. The fourth-order valence-corrected chi connectivity index (χ4v) is 2.46. The summed E-state index contributed by atoms with van der Waals surface area (Å²) in [7, 11) is 2.03. The van der Waals surface area contributed by atoms with Crippen molar-refractivity contribution in [3.63, 3.8) is 0 Å². The average molecular weight is 291 g/mol. The Morgan fingerprint density at radius 1 is 1.43 bits per heavy atom. The van der Waals surface area contributed by atoms with E-state index in [1.54, 1.807) is 6.07 Å². The van der Waals surface area contributed by atoms with Gasteiger partial charge < -0.3 is 20.6 Å². The molecule has 1 unspecified atom stereocenters. The van der Waals surface area contributed by atoms with Crippen LogP contribution in [0.2, 0.25) is 0 Å². The molecule has 0 aromatic heterocycles. The third-order valence-corrected chi connectivity index (χ3v) is 3.54. The van der Waals surface area contributed by atoms with Gasteiger partial charge >= 0.3 is 12.0 Å². The van der Waals surface area contributed by atoms with Gasteiger partial charge in [0.15, 0.2) is 0 Å². The van der Waals surface area contributed by atoms with Crippen LogP contribution in [0, 0.1) is 0 Å². The Morgan fingerprint density at radius 3 is 2.90 bits per heavy atom. The van der Waals surface area contributed by atoms with E-state index >= 15 is 0 Å². The Labute approximate surface area is 124 Å². The molecule has 1 atom stereocenters. The van der Waals surface area contributed by atoms with Crippen LogP contribution < -0.4 is 10.6 Å². The van der Waals surface area contributed by atoms with E-state index in [-0.39, 0.29) is 18.5 Å². The fraction of sp³-hybridized carbons (Fsp3) is 0.467. The van der Waals surface area contributed by atoms with E-state index in [1.807, 2.05) is 25.2 Å². The first-order valence-electron chi connectivity index (χ1n) is 7.10. The van der Waals surface area contributed by atoms with Crippen LogP contribution in [0.5, 0.6) is 0 Å². The summed E-state index contributed by atoms with van der Waals surface area (Å²) in [6, 6.07) is 7.25. The zero-order valence-corrected chi connectivity index (χ0v) is 12.1. The molecule has 0 spiro atoms. The minimum atomic E-state index is -0.823. The standard InChI is InChI=1S/C15H21N3O3/c1-18-8-7-13(10-18)17-15(21)16-12-4-2-3-11(9-12)5-6-14(19)20/h2-4,9,13H,5-8,10H2,1H3,(H,19,20)(H2,16,17,21). The topological polar surface area (TPSA) is 81.7 Å². The van der Waals surface area contributed by atoms with Gasteiger partial charge in [0.1, 0.15) is 0 Å². The van der Waals surface area contributed by atoms with Crippen molar-refractivity contribution in [2.75, 3.05) is 25.5 Å². The molecule has 3 N–H and O–H groups in total. The molecule has 0 radical (unpaired) electrons. The van der Waals surface area contributed by atoms with Crippen LogP contribution in [0.15, 0.2) is 24.3 Å². The molecule has 1 aromatic carbocycles. The molecule has 6 nitrogen and oxygen atoms in total. The van der Waals surface area contributed by atoms with Crippen LogP contribution in [0.4, 0.5) is 10.5 Å². The SMILES string of the molecule is CN1CCC(NC(=O)Nc2cccc(CCC(=O)O)c2)C1. The van der Waals surface area contributed by atoms with Gasteiger partial charge in [0.25, 0.3) is 0 Å². The van der Waals surface area contributed by atoms with Gasteiger partial charge in [-0.2, -0.15) is 0 Å². The van der Waals surface area contributed by atoms with Crippen molar-refractivity contribution in [2.24, 2.45) is 0 Å². The molecule has 0 bridgehead atoms. The highest BCUT2D eigenvalue weighted by Crippen LogP contribution is 2.13. The predicted octanol–water partition coefficient (Wildman–Crippen LogP) is 1.53. The molecule has 1 aromatic rings. The molecule has 1 heterocycles. The molecule has 6 heteroatoms. The highest BCUT2D eigenvalue weighted by molar-refractivity contribution is 5.89. The Bertz CT molecular complexity index is 519. The average Bonchev–Trinajstić information content (AvgIpc) is 2.82. The van der Waals surface area contributed by atoms with E-state index in [0.717, 1.165) is 25.1 Å². The number of carboxylic acid groups (broad SMARTS) is 1. The minimum absolute atomic E-state index is 0.0874. The molecule has 1 fully saturated rings. The number of nitrogens with zero attached hydrogens (tertiary/aromatic N) is 1. The number of likely N-dealkylation sites (tertiary alicyclic amines) is 1. The first kappa shape index (κ1) is 15.3. The van der Waals surface area contributed by atoms with E-state index in [9.17, 15) is 9.59 Å². The quantitative estimate of drug-likeness (QED) is 0.768. The second-order valence-electron chi connectivity index (χ2n) is 5.44. The first-order valence-corrected chi connectivity index (χ1v) is 7.10. The first-order chi connectivity index (χ1) is 10.0. The van der Waals surface area contributed by atoms with Crippen molar-refractivity contribution in [3.8, 4) is 0 Å². The molecule has 1 aliphatic heterocycles. The van der Waals surface area contributed by atoms with Crippen LogP contribution in [0.3, 0.4) is 0 Å². The number of likely N-dealkylation sites (N-methyl/N-ethyl adjacent to an activating group) is 1. The molecule has 1 saturated heterocycles. The van der Waals surface area contributed by atoms with Crippen molar-refractivity contribution in [1.82, 2.24) is 10.2 Å². The molecular weight excluding hydrogens is 270 g/mol. The maximum Gasteiger partial charge on any atom is 0.319 e. The molecule has 0 aliphatic carbocycles. The number of carbonyl (C=O) groups excluding carboxylic acids is 1. The van der Waals surface area contributed by atoms with Gasteiger partial charge in [-0.25, -0.2) is 4.79 Å². The molecule has 2 rings (SSSR count). The summed E-state index contributed by atoms with van der Waals surface area (Å²) in [6.45, 7) is 1.86. The van der Waals surface area contributed by atoms with Gasteiger partial charge in [-0.1, -0.05) is 12.1 Å². The normalized spacial score (nSPS) is 18.4. The molecule has 0 saturated carbocycles. The Hall–Kier alpha value is -2.08. The monoisotopic (exact) mass is 291 g/mol. The third-order valence-electron chi connectivity index (χ3n) is 3.54. The van der Waals surface area contributed by atoms with E-state index in [1.165, 1.54) is 0 Å². The number of anilines is 1. The summed E-state index contributed by atoms with van der Waals surface area (Å²) in [6.07, 6.45) is 1.51. The van der Waals surface area contributed by atoms with Crippen LogP contribution in [0.25, 0.3) is 0 Å². The highest BCUT2D eigenvalue weighted by atomic mass is 16.4. The summed E-state index contributed by atoms with van der Waals surface area (Å²) in [4.78, 5) is 24.7. The minimum Gasteiger partial charge on any atom is -0.481 e. The number of carboxylic acids is 1. The summed E-state index contributed by atoms with van der Waals surface area (Å²) < 4.78 is 0. The van der Waals surface area contributed by atoms with Crippen molar-refractivity contribution in [2.45, 2.75) is 25.3 Å². The smallest absolute Gasteiger partial charge is 0.319 e. The van der Waals surface area contributed by atoms with Gasteiger partial charge in [-0.05, 0) is 44.1 Å². The number of amides is 2. The van der Waals surface area contributed by atoms with Crippen molar-refractivity contribution >= 4 is 17.7 Å². The van der Waals surface area contributed by atoms with E-state index in [0.29, 0.717) is 12.1 Å². The number of hydrogen-bond acceptors (Lipinski definition) is 3. The number of nitrogens with one attached hydrogen (secondary N) is 2. The maximum atomic E-state index is 11.9. The summed E-state index contributed by atoms with van der Waals surface area (Å²) >= 11 is 0. The zero-order valence-electron chi connectivity index (χ0n) is 12.1. The second kappa shape index (κ2) is 7.08. The zero-order chi connectivity index (χ0) is 15.2. The lowest BCUT2D eigenvalue weighted by Gasteiger charge is -2.14. The van der Waals surface area contributed by atoms with Crippen LogP contribution in [0.1, 0.15) is 18.4 Å². The van der Waals surface area contributed by atoms with Crippen molar-refractivity contribution in [3.05, 3.63) is 29.8 Å². The second-order valence-corrected chi connectivity index (χ2v) is 5.44. The number of aryl methyl sites for hydroxylation is 1. The molecule has 1 aliphatic rings. The van der Waals surface area contributed by atoms with E-state index in [2.05, 4.69) is 15.5 Å². The maximum absolute atomic E-state index is 11.9. The summed E-state index contributed by atoms with van der Waals surface area (Å²) in [5.41, 5.74) is 1.58.